The SMILES string of the molecule is CCCC(N)c1ccc2c(c1)N(C(C)C)C(=O)C(C)O2. The van der Waals surface area contributed by atoms with Gasteiger partial charge in [-0.3, -0.25) is 4.79 Å². The predicted molar refractivity (Wildman–Crippen MR) is 81.0 cm³/mol. The molecule has 0 saturated carbocycles. The predicted octanol–water partition coefficient (Wildman–Crippen LogP) is 3.01. The van der Waals surface area contributed by atoms with Gasteiger partial charge in [-0.15, -0.1) is 0 Å². The van der Waals surface area contributed by atoms with Crippen LogP contribution < -0.4 is 15.4 Å². The summed E-state index contributed by atoms with van der Waals surface area (Å²) in [4.78, 5) is 14.1. The van der Waals surface area contributed by atoms with Crippen molar-refractivity contribution in [3.05, 3.63) is 23.8 Å². The van der Waals surface area contributed by atoms with Gasteiger partial charge >= 0.3 is 0 Å². The Morgan fingerprint density at radius 1 is 1.40 bits per heavy atom. The Morgan fingerprint density at radius 3 is 2.70 bits per heavy atom. The fraction of sp³-hybridized carbons (Fsp3) is 0.562. The average molecular weight is 276 g/mol. The number of carbonyl (C=O) groups is 1. The highest BCUT2D eigenvalue weighted by molar-refractivity contribution is 6.00. The minimum atomic E-state index is -0.430. The van der Waals surface area contributed by atoms with Crippen LogP contribution in [-0.4, -0.2) is 18.1 Å². The smallest absolute Gasteiger partial charge is 0.268 e. The molecule has 2 unspecified atom stereocenters. The van der Waals surface area contributed by atoms with Crippen molar-refractivity contribution in [2.45, 2.75) is 58.7 Å². The van der Waals surface area contributed by atoms with E-state index in [0.717, 1.165) is 29.8 Å². The van der Waals surface area contributed by atoms with Crippen molar-refractivity contribution in [2.75, 3.05) is 4.90 Å². The zero-order chi connectivity index (χ0) is 14.9. The van der Waals surface area contributed by atoms with Gasteiger partial charge in [-0.1, -0.05) is 19.4 Å². The summed E-state index contributed by atoms with van der Waals surface area (Å²) in [5.41, 5.74) is 8.08. The highest BCUT2D eigenvalue weighted by Crippen LogP contribution is 2.37. The zero-order valence-electron chi connectivity index (χ0n) is 12.7. The van der Waals surface area contributed by atoms with Crippen LogP contribution in [0.5, 0.6) is 5.75 Å². The lowest BCUT2D eigenvalue weighted by Crippen LogP contribution is -2.47. The van der Waals surface area contributed by atoms with Crippen LogP contribution in [-0.2, 0) is 4.79 Å². The Morgan fingerprint density at radius 2 is 2.10 bits per heavy atom. The number of rotatable bonds is 4. The summed E-state index contributed by atoms with van der Waals surface area (Å²) in [6.45, 7) is 7.93. The van der Waals surface area contributed by atoms with Gasteiger partial charge in [-0.25, -0.2) is 0 Å². The highest BCUT2D eigenvalue weighted by Gasteiger charge is 2.33. The van der Waals surface area contributed by atoms with Gasteiger partial charge in [0.1, 0.15) is 5.75 Å². The molecule has 1 aliphatic rings. The Labute approximate surface area is 120 Å². The van der Waals surface area contributed by atoms with E-state index in [1.165, 1.54) is 0 Å². The molecule has 4 heteroatoms. The number of benzene rings is 1. The lowest BCUT2D eigenvalue weighted by molar-refractivity contribution is -0.125. The number of carbonyl (C=O) groups excluding carboxylic acids is 1. The molecule has 2 rings (SSSR count). The molecule has 1 amide bonds. The lowest BCUT2D eigenvalue weighted by atomic mass is 10.0. The number of nitrogens with zero attached hydrogens (tertiary/aromatic N) is 1. The molecule has 1 heterocycles. The fourth-order valence-electron chi connectivity index (χ4n) is 2.62. The first-order valence-electron chi connectivity index (χ1n) is 7.35. The van der Waals surface area contributed by atoms with Crippen molar-refractivity contribution in [2.24, 2.45) is 5.73 Å². The van der Waals surface area contributed by atoms with Gasteiger partial charge in [0.05, 0.1) is 5.69 Å². The van der Waals surface area contributed by atoms with E-state index in [0.29, 0.717) is 0 Å². The molecule has 110 valence electrons. The Balaban J connectivity index is 2.42. The molecule has 4 nitrogen and oxygen atoms in total. The second-order valence-corrected chi connectivity index (χ2v) is 5.68. The molecular formula is C16H24N2O2. The van der Waals surface area contributed by atoms with Crippen LogP contribution in [0.3, 0.4) is 0 Å². The summed E-state index contributed by atoms with van der Waals surface area (Å²) < 4.78 is 5.69. The number of amides is 1. The molecule has 0 saturated heterocycles. The zero-order valence-corrected chi connectivity index (χ0v) is 12.7. The van der Waals surface area contributed by atoms with Crippen molar-refractivity contribution in [1.82, 2.24) is 0 Å². The minimum absolute atomic E-state index is 0.00807. The maximum Gasteiger partial charge on any atom is 0.268 e. The molecule has 0 aliphatic carbocycles. The van der Waals surface area contributed by atoms with Gasteiger partial charge in [-0.05, 0) is 44.9 Å². The van der Waals surface area contributed by atoms with Crippen molar-refractivity contribution in [3.8, 4) is 5.75 Å². The van der Waals surface area contributed by atoms with E-state index in [-0.39, 0.29) is 18.0 Å². The maximum absolute atomic E-state index is 12.3. The van der Waals surface area contributed by atoms with Gasteiger partial charge in [-0.2, -0.15) is 0 Å². The monoisotopic (exact) mass is 276 g/mol. The maximum atomic E-state index is 12.3. The normalized spacial score (nSPS) is 19.8. The Bertz CT molecular complexity index is 499. The van der Waals surface area contributed by atoms with E-state index in [1.54, 1.807) is 6.92 Å². The van der Waals surface area contributed by atoms with Crippen molar-refractivity contribution in [1.29, 1.82) is 0 Å². The quantitative estimate of drug-likeness (QED) is 0.919. The van der Waals surface area contributed by atoms with Crippen LogP contribution in [0.25, 0.3) is 0 Å². The van der Waals surface area contributed by atoms with Gasteiger partial charge in [0.2, 0.25) is 0 Å². The third-order valence-electron chi connectivity index (χ3n) is 3.68. The van der Waals surface area contributed by atoms with E-state index in [4.69, 9.17) is 10.5 Å². The standard InChI is InChI=1S/C16H24N2O2/c1-5-6-13(17)12-7-8-15-14(9-12)18(10(2)3)16(19)11(4)20-15/h7-11,13H,5-6,17H2,1-4H3. The van der Waals surface area contributed by atoms with Crippen LogP contribution in [0.15, 0.2) is 18.2 Å². The van der Waals surface area contributed by atoms with E-state index < -0.39 is 6.10 Å². The van der Waals surface area contributed by atoms with Gasteiger partial charge in [0, 0.05) is 12.1 Å². The molecule has 0 spiro atoms. The van der Waals surface area contributed by atoms with Gasteiger partial charge in [0.15, 0.2) is 6.10 Å². The first-order valence-corrected chi connectivity index (χ1v) is 7.35. The molecule has 0 aromatic heterocycles. The second kappa shape index (κ2) is 5.83. The molecule has 0 radical (unpaired) electrons. The Hall–Kier alpha value is -1.55. The summed E-state index contributed by atoms with van der Waals surface area (Å²) in [7, 11) is 0. The van der Waals surface area contributed by atoms with Crippen molar-refractivity contribution < 1.29 is 9.53 Å². The molecule has 0 bridgehead atoms. The first-order chi connectivity index (χ1) is 9.45. The van der Waals surface area contributed by atoms with Gasteiger partial charge < -0.3 is 15.4 Å². The third-order valence-corrected chi connectivity index (χ3v) is 3.68. The van der Waals surface area contributed by atoms with Crippen LogP contribution in [0, 0.1) is 0 Å². The fourth-order valence-corrected chi connectivity index (χ4v) is 2.62. The number of hydrogen-bond donors (Lipinski definition) is 1. The van der Waals surface area contributed by atoms with Crippen LogP contribution >= 0.6 is 0 Å². The van der Waals surface area contributed by atoms with Crippen LogP contribution in [0.1, 0.15) is 52.1 Å². The summed E-state index contributed by atoms with van der Waals surface area (Å²) >= 11 is 0. The summed E-state index contributed by atoms with van der Waals surface area (Å²) in [5, 5.41) is 0. The van der Waals surface area contributed by atoms with E-state index in [1.807, 2.05) is 36.9 Å². The molecule has 1 aliphatic heterocycles. The van der Waals surface area contributed by atoms with E-state index >= 15 is 0 Å². The summed E-state index contributed by atoms with van der Waals surface area (Å²) in [5.74, 6) is 0.770. The topological polar surface area (TPSA) is 55.6 Å². The molecule has 0 fully saturated rings. The second-order valence-electron chi connectivity index (χ2n) is 5.68. The van der Waals surface area contributed by atoms with Crippen molar-refractivity contribution in [3.63, 3.8) is 0 Å². The minimum Gasteiger partial charge on any atom is -0.479 e. The van der Waals surface area contributed by atoms with Crippen LogP contribution in [0.4, 0.5) is 5.69 Å². The number of nitrogens with two attached hydrogens (primary N) is 1. The molecule has 1 aromatic carbocycles. The molecule has 20 heavy (non-hydrogen) atoms. The van der Waals surface area contributed by atoms with Crippen molar-refractivity contribution >= 4 is 11.6 Å². The third kappa shape index (κ3) is 2.66. The molecule has 2 N–H and O–H groups in total. The van der Waals surface area contributed by atoms with Gasteiger partial charge in [0.25, 0.3) is 5.91 Å². The number of fused-ring (bicyclic) bond motifs is 1. The largest absolute Gasteiger partial charge is 0.479 e. The number of ether oxygens (including phenoxy) is 1. The molecular weight excluding hydrogens is 252 g/mol. The highest BCUT2D eigenvalue weighted by atomic mass is 16.5. The summed E-state index contributed by atoms with van der Waals surface area (Å²) in [6, 6.07) is 6.04. The first kappa shape index (κ1) is 14.9. The summed E-state index contributed by atoms with van der Waals surface area (Å²) in [6.07, 6.45) is 1.55. The average Bonchev–Trinajstić information content (AvgIpc) is 2.39. The van der Waals surface area contributed by atoms with E-state index in [9.17, 15) is 4.79 Å². The Kier molecular flexibility index (Phi) is 4.33. The van der Waals surface area contributed by atoms with Crippen LogP contribution in [0.2, 0.25) is 0 Å². The molecule has 2 atom stereocenters. The molecule has 1 aromatic rings. The number of hydrogen-bond acceptors (Lipinski definition) is 3. The lowest BCUT2D eigenvalue weighted by Gasteiger charge is -2.36. The number of anilines is 1. The van der Waals surface area contributed by atoms with E-state index in [2.05, 4.69) is 6.92 Å².